The molecule has 0 atom stereocenters. The zero-order chi connectivity index (χ0) is 14.5. The molecule has 0 spiro atoms. The van der Waals surface area contributed by atoms with Crippen LogP contribution in [0.3, 0.4) is 0 Å². The minimum Gasteiger partial charge on any atom is -0.494 e. The van der Waals surface area contributed by atoms with Crippen molar-refractivity contribution in [3.05, 3.63) is 24.3 Å². The van der Waals surface area contributed by atoms with Crippen LogP contribution in [0.1, 0.15) is 6.92 Å². The van der Waals surface area contributed by atoms with Crippen LogP contribution in [0.2, 0.25) is 0 Å². The Hall–Kier alpha value is -1.60. The fourth-order valence-corrected chi connectivity index (χ4v) is 2.55. The Labute approximate surface area is 113 Å². The van der Waals surface area contributed by atoms with Crippen molar-refractivity contribution in [3.8, 4) is 5.75 Å². The highest BCUT2D eigenvalue weighted by Gasteiger charge is 2.22. The standard InChI is InChI=1S/C12H18N2O4S/c1-4-18-10-5-7-11(8-6-10)19(16,17)14(3)9-12(15)13-2/h5-8H,4,9H2,1-3H3,(H,13,15). The molecule has 0 heterocycles. The molecule has 7 heteroatoms. The summed E-state index contributed by atoms with van der Waals surface area (Å²) >= 11 is 0. The maximum atomic E-state index is 12.2. The van der Waals surface area contributed by atoms with Gasteiger partial charge in [0.1, 0.15) is 5.75 Å². The number of hydrogen-bond donors (Lipinski definition) is 1. The van der Waals surface area contributed by atoms with Crippen molar-refractivity contribution < 1.29 is 17.9 Å². The zero-order valence-electron chi connectivity index (χ0n) is 11.2. The van der Waals surface area contributed by atoms with Gasteiger partial charge in [-0.25, -0.2) is 8.42 Å². The molecule has 0 aromatic heterocycles. The van der Waals surface area contributed by atoms with E-state index in [-0.39, 0.29) is 17.3 Å². The van der Waals surface area contributed by atoms with Crippen LogP contribution in [0.5, 0.6) is 5.75 Å². The number of ether oxygens (including phenoxy) is 1. The molecule has 1 rings (SSSR count). The van der Waals surface area contributed by atoms with Crippen LogP contribution in [0.4, 0.5) is 0 Å². The van der Waals surface area contributed by atoms with Crippen LogP contribution in [0.25, 0.3) is 0 Å². The first kappa shape index (κ1) is 15.5. The molecule has 1 aromatic carbocycles. The fourth-order valence-electron chi connectivity index (χ4n) is 1.42. The minimum atomic E-state index is -3.66. The van der Waals surface area contributed by atoms with Gasteiger partial charge < -0.3 is 10.1 Å². The van der Waals surface area contributed by atoms with Gasteiger partial charge in [-0.15, -0.1) is 0 Å². The monoisotopic (exact) mass is 286 g/mol. The molecule has 0 radical (unpaired) electrons. The largest absolute Gasteiger partial charge is 0.494 e. The fraction of sp³-hybridized carbons (Fsp3) is 0.417. The first-order valence-electron chi connectivity index (χ1n) is 5.81. The third kappa shape index (κ3) is 3.93. The highest BCUT2D eigenvalue weighted by Crippen LogP contribution is 2.18. The summed E-state index contributed by atoms with van der Waals surface area (Å²) in [4.78, 5) is 11.3. The number of likely N-dealkylation sites (N-methyl/N-ethyl adjacent to an activating group) is 2. The van der Waals surface area contributed by atoms with Crippen LogP contribution in [-0.4, -0.2) is 45.9 Å². The number of hydrogen-bond acceptors (Lipinski definition) is 4. The van der Waals surface area contributed by atoms with E-state index in [0.717, 1.165) is 4.31 Å². The minimum absolute atomic E-state index is 0.127. The summed E-state index contributed by atoms with van der Waals surface area (Å²) in [7, 11) is -0.839. The maximum absolute atomic E-state index is 12.2. The molecular formula is C12H18N2O4S. The van der Waals surface area contributed by atoms with E-state index in [0.29, 0.717) is 12.4 Å². The Bertz CT molecular complexity index is 525. The van der Waals surface area contributed by atoms with Gasteiger partial charge in [0.2, 0.25) is 15.9 Å². The highest BCUT2D eigenvalue weighted by molar-refractivity contribution is 7.89. The predicted octanol–water partition coefficient (Wildman–Crippen LogP) is 0.452. The zero-order valence-corrected chi connectivity index (χ0v) is 12.0. The molecule has 1 amide bonds. The lowest BCUT2D eigenvalue weighted by molar-refractivity contribution is -0.120. The van der Waals surface area contributed by atoms with Gasteiger partial charge in [-0.1, -0.05) is 0 Å². The second-order valence-electron chi connectivity index (χ2n) is 3.84. The van der Waals surface area contributed by atoms with E-state index >= 15 is 0 Å². The van der Waals surface area contributed by atoms with E-state index in [4.69, 9.17) is 4.74 Å². The number of carbonyl (C=O) groups is 1. The lowest BCUT2D eigenvalue weighted by atomic mass is 10.3. The number of carbonyl (C=O) groups excluding carboxylic acids is 1. The van der Waals surface area contributed by atoms with Crippen LogP contribution < -0.4 is 10.1 Å². The summed E-state index contributed by atoms with van der Waals surface area (Å²) in [6, 6.07) is 6.09. The molecule has 1 N–H and O–H groups in total. The summed E-state index contributed by atoms with van der Waals surface area (Å²) in [5.41, 5.74) is 0. The SMILES string of the molecule is CCOc1ccc(S(=O)(=O)N(C)CC(=O)NC)cc1. The summed E-state index contributed by atoms with van der Waals surface area (Å²) < 4.78 is 30.6. The molecule has 6 nitrogen and oxygen atoms in total. The van der Waals surface area contributed by atoms with Crippen LogP contribution >= 0.6 is 0 Å². The van der Waals surface area contributed by atoms with Crippen molar-refractivity contribution in [1.82, 2.24) is 9.62 Å². The summed E-state index contributed by atoms with van der Waals surface area (Å²) in [6.07, 6.45) is 0. The van der Waals surface area contributed by atoms with Crippen molar-refractivity contribution in [2.45, 2.75) is 11.8 Å². The van der Waals surface area contributed by atoms with Crippen molar-refractivity contribution in [3.63, 3.8) is 0 Å². The summed E-state index contributed by atoms with van der Waals surface area (Å²) in [5.74, 6) is 0.243. The van der Waals surface area contributed by atoms with Gasteiger partial charge >= 0.3 is 0 Å². The first-order valence-corrected chi connectivity index (χ1v) is 7.25. The van der Waals surface area contributed by atoms with Crippen molar-refractivity contribution in [1.29, 1.82) is 0 Å². The Kier molecular flexibility index (Phi) is 5.31. The van der Waals surface area contributed by atoms with E-state index in [1.165, 1.54) is 26.2 Å². The molecule has 0 saturated heterocycles. The normalized spacial score (nSPS) is 11.4. The molecule has 0 unspecified atom stereocenters. The smallest absolute Gasteiger partial charge is 0.243 e. The molecule has 0 aliphatic rings. The molecule has 1 aromatic rings. The maximum Gasteiger partial charge on any atom is 0.243 e. The van der Waals surface area contributed by atoms with Crippen molar-refractivity contribution >= 4 is 15.9 Å². The number of benzene rings is 1. The Morgan fingerprint density at radius 1 is 1.32 bits per heavy atom. The van der Waals surface area contributed by atoms with Gasteiger partial charge in [0, 0.05) is 14.1 Å². The lowest BCUT2D eigenvalue weighted by Gasteiger charge is -2.16. The van der Waals surface area contributed by atoms with E-state index in [2.05, 4.69) is 5.32 Å². The molecule has 0 aliphatic carbocycles. The van der Waals surface area contributed by atoms with Gasteiger partial charge in [0.15, 0.2) is 0 Å². The predicted molar refractivity (Wildman–Crippen MR) is 71.5 cm³/mol. The van der Waals surface area contributed by atoms with E-state index in [9.17, 15) is 13.2 Å². The van der Waals surface area contributed by atoms with Gasteiger partial charge in [-0.2, -0.15) is 4.31 Å². The molecule has 106 valence electrons. The quantitative estimate of drug-likeness (QED) is 0.824. The molecule has 0 fully saturated rings. The Morgan fingerprint density at radius 3 is 2.37 bits per heavy atom. The Balaban J connectivity index is 2.90. The van der Waals surface area contributed by atoms with Crippen molar-refractivity contribution in [2.24, 2.45) is 0 Å². The highest BCUT2D eigenvalue weighted by atomic mass is 32.2. The number of nitrogens with one attached hydrogen (secondary N) is 1. The van der Waals surface area contributed by atoms with Gasteiger partial charge in [0.05, 0.1) is 18.0 Å². The number of rotatable bonds is 6. The summed E-state index contributed by atoms with van der Waals surface area (Å²) in [6.45, 7) is 2.15. The van der Waals surface area contributed by atoms with Crippen molar-refractivity contribution in [2.75, 3.05) is 27.2 Å². The Morgan fingerprint density at radius 2 is 1.89 bits per heavy atom. The van der Waals surface area contributed by atoms with Crippen LogP contribution in [-0.2, 0) is 14.8 Å². The number of sulfonamides is 1. The van der Waals surface area contributed by atoms with E-state index < -0.39 is 10.0 Å². The topological polar surface area (TPSA) is 75.7 Å². The van der Waals surface area contributed by atoms with Crippen LogP contribution in [0.15, 0.2) is 29.2 Å². The van der Waals surface area contributed by atoms with Gasteiger partial charge in [-0.3, -0.25) is 4.79 Å². The van der Waals surface area contributed by atoms with Crippen LogP contribution in [0, 0.1) is 0 Å². The van der Waals surface area contributed by atoms with Gasteiger partial charge in [-0.05, 0) is 31.2 Å². The molecule has 0 saturated carbocycles. The molecule has 19 heavy (non-hydrogen) atoms. The third-order valence-corrected chi connectivity index (χ3v) is 4.31. The molecule has 0 bridgehead atoms. The number of nitrogens with zero attached hydrogens (tertiary/aromatic N) is 1. The van der Waals surface area contributed by atoms with E-state index in [1.807, 2.05) is 6.92 Å². The second-order valence-corrected chi connectivity index (χ2v) is 5.88. The van der Waals surface area contributed by atoms with Gasteiger partial charge in [0.25, 0.3) is 0 Å². The molecule has 0 aliphatic heterocycles. The number of amides is 1. The second kappa shape index (κ2) is 6.53. The van der Waals surface area contributed by atoms with E-state index in [1.54, 1.807) is 12.1 Å². The summed E-state index contributed by atoms with van der Waals surface area (Å²) in [5, 5.41) is 2.38. The average Bonchev–Trinajstić information content (AvgIpc) is 2.39. The first-order chi connectivity index (χ1) is 8.91. The molecular weight excluding hydrogens is 268 g/mol. The third-order valence-electron chi connectivity index (χ3n) is 2.49. The lowest BCUT2D eigenvalue weighted by Crippen LogP contribution is -2.36. The average molecular weight is 286 g/mol.